The largest absolute Gasteiger partial charge is 0.377 e. The van der Waals surface area contributed by atoms with E-state index in [1.54, 1.807) is 19.1 Å². The summed E-state index contributed by atoms with van der Waals surface area (Å²) < 4.78 is 0. The number of carbonyl (C=O) groups is 1. The molecule has 0 aliphatic carbocycles. The highest BCUT2D eigenvalue weighted by Crippen LogP contribution is 2.24. The number of piperazine rings is 1. The maximum Gasteiger partial charge on any atom is 0.269 e. The minimum absolute atomic E-state index is 0.0651. The average Bonchev–Trinajstić information content (AvgIpc) is 2.62. The van der Waals surface area contributed by atoms with Crippen LogP contribution in [-0.4, -0.2) is 59.6 Å². The van der Waals surface area contributed by atoms with Gasteiger partial charge in [0.05, 0.1) is 17.2 Å². The summed E-state index contributed by atoms with van der Waals surface area (Å²) in [6.45, 7) is 4.96. The standard InChI is InChI=1S/C16H19N5O3/c1-12(22)19-8-10-20(11-9-19)16-15(17-6-7-18-16)13-2-4-14(5-3-13)21(23)24/h2-5,7,17H,6,8-11H2,1H3. The zero-order valence-corrected chi connectivity index (χ0v) is 13.4. The molecule has 2 aliphatic rings. The molecule has 3 rings (SSSR count). The van der Waals surface area contributed by atoms with E-state index in [4.69, 9.17) is 0 Å². The fourth-order valence-corrected chi connectivity index (χ4v) is 2.88. The number of hydrogen-bond donors (Lipinski definition) is 1. The van der Waals surface area contributed by atoms with Gasteiger partial charge in [0, 0.05) is 57.0 Å². The molecule has 0 bridgehead atoms. The number of nitro groups is 1. The minimum Gasteiger partial charge on any atom is -0.377 e. The normalized spacial score (nSPS) is 17.7. The van der Waals surface area contributed by atoms with Gasteiger partial charge in [-0.25, -0.2) is 4.99 Å². The van der Waals surface area contributed by atoms with Crippen molar-refractivity contribution in [3.63, 3.8) is 0 Å². The van der Waals surface area contributed by atoms with Crippen molar-refractivity contribution in [2.24, 2.45) is 4.99 Å². The van der Waals surface area contributed by atoms with E-state index in [9.17, 15) is 14.9 Å². The first kappa shape index (κ1) is 16.0. The third-order valence-electron chi connectivity index (χ3n) is 4.20. The van der Waals surface area contributed by atoms with Gasteiger partial charge in [-0.1, -0.05) is 0 Å². The molecule has 0 atom stereocenters. The van der Waals surface area contributed by atoms with E-state index in [2.05, 4.69) is 15.2 Å². The predicted octanol–water partition coefficient (Wildman–Crippen LogP) is 1.06. The molecule has 126 valence electrons. The van der Waals surface area contributed by atoms with Crippen LogP contribution >= 0.6 is 0 Å². The van der Waals surface area contributed by atoms with Crippen LogP contribution in [-0.2, 0) is 4.79 Å². The van der Waals surface area contributed by atoms with Crippen LogP contribution in [0.15, 0.2) is 35.1 Å². The first-order valence-corrected chi connectivity index (χ1v) is 7.82. The number of nitrogens with one attached hydrogen (secondary N) is 1. The highest BCUT2D eigenvalue weighted by Gasteiger charge is 2.24. The molecule has 0 unspecified atom stereocenters. The van der Waals surface area contributed by atoms with Gasteiger partial charge in [0.15, 0.2) is 5.82 Å². The monoisotopic (exact) mass is 329 g/mol. The van der Waals surface area contributed by atoms with E-state index in [1.165, 1.54) is 12.1 Å². The number of benzene rings is 1. The Morgan fingerprint density at radius 1 is 1.21 bits per heavy atom. The molecule has 2 aliphatic heterocycles. The lowest BCUT2D eigenvalue weighted by Crippen LogP contribution is -2.48. The van der Waals surface area contributed by atoms with E-state index in [1.807, 2.05) is 11.1 Å². The SMILES string of the molecule is CC(=O)N1CCN(C2=C(c3ccc([N+](=O)[O-])cc3)NCC=N2)CC1. The van der Waals surface area contributed by atoms with E-state index in [-0.39, 0.29) is 11.6 Å². The van der Waals surface area contributed by atoms with Crippen LogP contribution in [0.3, 0.4) is 0 Å². The number of rotatable bonds is 3. The van der Waals surface area contributed by atoms with Crippen molar-refractivity contribution in [3.8, 4) is 0 Å². The Balaban J connectivity index is 1.85. The van der Waals surface area contributed by atoms with Crippen molar-refractivity contribution in [3.05, 3.63) is 45.8 Å². The third kappa shape index (κ3) is 3.22. The first-order valence-electron chi connectivity index (χ1n) is 7.82. The van der Waals surface area contributed by atoms with Crippen molar-refractivity contribution >= 4 is 23.5 Å². The number of non-ortho nitro benzene ring substituents is 1. The Hall–Kier alpha value is -2.90. The van der Waals surface area contributed by atoms with Crippen LogP contribution in [0.25, 0.3) is 5.70 Å². The Kier molecular flexibility index (Phi) is 4.45. The van der Waals surface area contributed by atoms with Crippen LogP contribution in [0.1, 0.15) is 12.5 Å². The van der Waals surface area contributed by atoms with E-state index >= 15 is 0 Å². The fourth-order valence-electron chi connectivity index (χ4n) is 2.88. The van der Waals surface area contributed by atoms with Gasteiger partial charge >= 0.3 is 0 Å². The van der Waals surface area contributed by atoms with Crippen LogP contribution in [0.4, 0.5) is 5.69 Å². The van der Waals surface area contributed by atoms with Gasteiger partial charge in [0.1, 0.15) is 0 Å². The summed E-state index contributed by atoms with van der Waals surface area (Å²) in [5.41, 5.74) is 1.79. The third-order valence-corrected chi connectivity index (χ3v) is 4.20. The number of nitro benzene ring substituents is 1. The van der Waals surface area contributed by atoms with Gasteiger partial charge in [-0.3, -0.25) is 14.9 Å². The van der Waals surface area contributed by atoms with Crippen molar-refractivity contribution < 1.29 is 9.72 Å². The predicted molar refractivity (Wildman–Crippen MR) is 90.3 cm³/mol. The van der Waals surface area contributed by atoms with Gasteiger partial charge in [0.25, 0.3) is 5.69 Å². The van der Waals surface area contributed by atoms with Gasteiger partial charge in [-0.2, -0.15) is 0 Å². The molecule has 0 saturated carbocycles. The average molecular weight is 329 g/mol. The Morgan fingerprint density at radius 3 is 2.46 bits per heavy atom. The van der Waals surface area contributed by atoms with Crippen molar-refractivity contribution in [2.75, 3.05) is 32.7 Å². The highest BCUT2D eigenvalue weighted by molar-refractivity contribution is 5.76. The molecular formula is C16H19N5O3. The molecule has 0 spiro atoms. The molecule has 1 aromatic carbocycles. The van der Waals surface area contributed by atoms with E-state index in [0.29, 0.717) is 32.7 Å². The molecule has 0 radical (unpaired) electrons. The highest BCUT2D eigenvalue weighted by atomic mass is 16.6. The summed E-state index contributed by atoms with van der Waals surface area (Å²) in [5, 5.41) is 14.1. The van der Waals surface area contributed by atoms with Gasteiger partial charge < -0.3 is 15.1 Å². The molecule has 2 heterocycles. The van der Waals surface area contributed by atoms with Gasteiger partial charge in [-0.05, 0) is 12.1 Å². The molecule has 0 aromatic heterocycles. The number of aliphatic imine (C=N–C) groups is 1. The van der Waals surface area contributed by atoms with Crippen molar-refractivity contribution in [1.29, 1.82) is 0 Å². The van der Waals surface area contributed by atoms with Crippen LogP contribution in [0.5, 0.6) is 0 Å². The molecule has 1 saturated heterocycles. The van der Waals surface area contributed by atoms with Crippen LogP contribution < -0.4 is 5.32 Å². The lowest BCUT2D eigenvalue weighted by molar-refractivity contribution is -0.384. The summed E-state index contributed by atoms with van der Waals surface area (Å²) in [5.74, 6) is 0.905. The summed E-state index contributed by atoms with van der Waals surface area (Å²) in [6.07, 6.45) is 1.81. The fraction of sp³-hybridized carbons (Fsp3) is 0.375. The quantitative estimate of drug-likeness (QED) is 0.661. The second-order valence-corrected chi connectivity index (χ2v) is 5.69. The minimum atomic E-state index is -0.410. The zero-order chi connectivity index (χ0) is 17.1. The van der Waals surface area contributed by atoms with E-state index in [0.717, 1.165) is 17.1 Å². The van der Waals surface area contributed by atoms with Crippen LogP contribution in [0.2, 0.25) is 0 Å². The summed E-state index contributed by atoms with van der Waals surface area (Å²) >= 11 is 0. The number of amides is 1. The lowest BCUT2D eigenvalue weighted by Gasteiger charge is -2.37. The molecule has 24 heavy (non-hydrogen) atoms. The molecule has 1 N–H and O–H groups in total. The number of hydrogen-bond acceptors (Lipinski definition) is 6. The van der Waals surface area contributed by atoms with Crippen molar-refractivity contribution in [2.45, 2.75) is 6.92 Å². The van der Waals surface area contributed by atoms with Crippen LogP contribution in [0, 0.1) is 10.1 Å². The second-order valence-electron chi connectivity index (χ2n) is 5.69. The maximum absolute atomic E-state index is 11.5. The topological polar surface area (TPSA) is 91.1 Å². The molecule has 1 amide bonds. The Morgan fingerprint density at radius 2 is 1.88 bits per heavy atom. The summed E-state index contributed by atoms with van der Waals surface area (Å²) in [4.78, 5) is 30.3. The lowest BCUT2D eigenvalue weighted by atomic mass is 10.1. The molecule has 8 heteroatoms. The summed E-state index contributed by atoms with van der Waals surface area (Å²) in [7, 11) is 0. The number of carbonyl (C=O) groups excluding carboxylic acids is 1. The van der Waals surface area contributed by atoms with E-state index < -0.39 is 4.92 Å². The zero-order valence-electron chi connectivity index (χ0n) is 13.4. The number of nitrogens with zero attached hydrogens (tertiary/aromatic N) is 4. The van der Waals surface area contributed by atoms with Crippen molar-refractivity contribution in [1.82, 2.24) is 15.1 Å². The Labute approximate surface area is 139 Å². The smallest absolute Gasteiger partial charge is 0.269 e. The molecular weight excluding hydrogens is 310 g/mol. The van der Waals surface area contributed by atoms with Gasteiger partial charge in [0.2, 0.25) is 5.91 Å². The molecule has 1 aromatic rings. The Bertz CT molecular complexity index is 703. The second kappa shape index (κ2) is 6.69. The summed E-state index contributed by atoms with van der Waals surface area (Å²) in [6, 6.07) is 6.45. The molecule has 1 fully saturated rings. The maximum atomic E-state index is 11.5. The molecule has 8 nitrogen and oxygen atoms in total. The first-order chi connectivity index (χ1) is 11.6. The van der Waals surface area contributed by atoms with Gasteiger partial charge in [-0.15, -0.1) is 0 Å².